The molecule has 1 aromatic heterocycles. The Hall–Kier alpha value is -3.30. The third-order valence-electron chi connectivity index (χ3n) is 5.98. The second kappa shape index (κ2) is 10.3. The number of rotatable bonds is 8. The van der Waals surface area contributed by atoms with Crippen molar-refractivity contribution in [1.29, 1.82) is 0 Å². The van der Waals surface area contributed by atoms with E-state index in [1.54, 1.807) is 36.0 Å². The van der Waals surface area contributed by atoms with Crippen molar-refractivity contribution in [2.24, 2.45) is 0 Å². The monoisotopic (exact) mass is 480 g/mol. The summed E-state index contributed by atoms with van der Waals surface area (Å²) in [6.45, 7) is 3.57. The molecule has 2 unspecified atom stereocenters. The highest BCUT2D eigenvalue weighted by atomic mass is 32.2. The third-order valence-corrected chi connectivity index (χ3v) is 6.77. The van der Waals surface area contributed by atoms with Gasteiger partial charge in [0, 0.05) is 33.8 Å². The SMILES string of the molecule is CCOC(=O)Cn1ncc2c1CCCC2N(c1ccc(-c2cccc(C(C)=O)c2)cc1)S(=O)[O-]. The lowest BCUT2D eigenvalue weighted by Gasteiger charge is -2.37. The van der Waals surface area contributed by atoms with Gasteiger partial charge in [-0.1, -0.05) is 30.3 Å². The molecule has 0 saturated carbocycles. The average Bonchev–Trinajstić information content (AvgIpc) is 3.23. The van der Waals surface area contributed by atoms with E-state index in [9.17, 15) is 18.4 Å². The second-order valence-electron chi connectivity index (χ2n) is 8.14. The van der Waals surface area contributed by atoms with Crippen LogP contribution >= 0.6 is 0 Å². The van der Waals surface area contributed by atoms with Gasteiger partial charge in [0.2, 0.25) is 0 Å². The first-order chi connectivity index (χ1) is 16.4. The summed E-state index contributed by atoms with van der Waals surface area (Å²) in [6, 6.07) is 14.2. The van der Waals surface area contributed by atoms with Gasteiger partial charge in [0.15, 0.2) is 5.78 Å². The van der Waals surface area contributed by atoms with Crippen LogP contribution in [-0.2, 0) is 33.8 Å². The fourth-order valence-electron chi connectivity index (χ4n) is 4.39. The Kier molecular flexibility index (Phi) is 7.23. The molecule has 0 saturated heterocycles. The predicted molar refractivity (Wildman–Crippen MR) is 128 cm³/mol. The molecule has 34 heavy (non-hydrogen) atoms. The van der Waals surface area contributed by atoms with Gasteiger partial charge in [0.1, 0.15) is 6.54 Å². The van der Waals surface area contributed by atoms with Crippen LogP contribution in [0, 0.1) is 0 Å². The van der Waals surface area contributed by atoms with Gasteiger partial charge in [-0.15, -0.1) is 0 Å². The molecule has 2 atom stereocenters. The lowest BCUT2D eigenvalue weighted by atomic mass is 9.92. The number of anilines is 1. The number of carbonyl (C=O) groups excluding carboxylic acids is 2. The number of hydrogen-bond acceptors (Lipinski definition) is 6. The van der Waals surface area contributed by atoms with Crippen LogP contribution in [-0.4, -0.2) is 36.9 Å². The normalized spacial score (nSPS) is 15.9. The number of ether oxygens (including phenoxy) is 1. The lowest BCUT2D eigenvalue weighted by molar-refractivity contribution is -0.144. The molecule has 0 amide bonds. The highest BCUT2D eigenvalue weighted by molar-refractivity contribution is 7.80. The Morgan fingerprint density at radius 2 is 1.97 bits per heavy atom. The van der Waals surface area contributed by atoms with E-state index in [1.807, 2.05) is 30.3 Å². The van der Waals surface area contributed by atoms with Crippen LogP contribution in [0.25, 0.3) is 11.1 Å². The van der Waals surface area contributed by atoms with E-state index in [0.29, 0.717) is 24.3 Å². The van der Waals surface area contributed by atoms with Crippen molar-refractivity contribution in [2.45, 2.75) is 45.7 Å². The van der Waals surface area contributed by atoms with Gasteiger partial charge in [-0.25, -0.2) is 0 Å². The number of benzene rings is 2. The average molecular weight is 481 g/mol. The number of carbonyl (C=O) groups is 2. The molecule has 0 aliphatic heterocycles. The van der Waals surface area contributed by atoms with E-state index < -0.39 is 17.3 Å². The minimum atomic E-state index is -2.51. The predicted octanol–water partition coefficient (Wildman–Crippen LogP) is 3.99. The number of ketones is 1. The molecular weight excluding hydrogens is 454 g/mol. The number of Topliss-reactive ketones (excluding diaryl/α,β-unsaturated/α-hetero) is 1. The maximum atomic E-state index is 12.3. The minimum absolute atomic E-state index is 0.00435. The Bertz CT molecular complexity index is 1220. The smallest absolute Gasteiger partial charge is 0.327 e. The zero-order valence-electron chi connectivity index (χ0n) is 19.1. The van der Waals surface area contributed by atoms with Crippen LogP contribution in [0.15, 0.2) is 54.7 Å². The Morgan fingerprint density at radius 1 is 1.21 bits per heavy atom. The Labute approximate surface area is 201 Å². The lowest BCUT2D eigenvalue weighted by Crippen LogP contribution is -2.33. The quantitative estimate of drug-likeness (QED) is 0.274. The van der Waals surface area contributed by atoms with Gasteiger partial charge in [-0.05, 0) is 62.4 Å². The van der Waals surface area contributed by atoms with Gasteiger partial charge in [0.05, 0.1) is 18.8 Å². The van der Waals surface area contributed by atoms with Crippen LogP contribution in [0.4, 0.5) is 5.69 Å². The first kappa shape index (κ1) is 23.8. The van der Waals surface area contributed by atoms with Crippen molar-refractivity contribution in [1.82, 2.24) is 9.78 Å². The summed E-state index contributed by atoms with van der Waals surface area (Å²) in [6.07, 6.45) is 3.79. The number of esters is 1. The molecule has 1 heterocycles. The van der Waals surface area contributed by atoms with Crippen LogP contribution in [0.5, 0.6) is 0 Å². The zero-order valence-corrected chi connectivity index (χ0v) is 19.9. The molecule has 0 radical (unpaired) electrons. The van der Waals surface area contributed by atoms with Crippen molar-refractivity contribution in [3.8, 4) is 11.1 Å². The fourth-order valence-corrected chi connectivity index (χ4v) is 5.11. The summed E-state index contributed by atoms with van der Waals surface area (Å²) in [4.78, 5) is 23.6. The topological polar surface area (TPSA) is 105 Å². The van der Waals surface area contributed by atoms with E-state index in [2.05, 4.69) is 5.10 Å². The molecule has 8 nitrogen and oxygen atoms in total. The van der Waals surface area contributed by atoms with Crippen LogP contribution in [0.3, 0.4) is 0 Å². The van der Waals surface area contributed by atoms with E-state index in [-0.39, 0.29) is 18.3 Å². The number of fused-ring (bicyclic) bond motifs is 1. The van der Waals surface area contributed by atoms with E-state index in [0.717, 1.165) is 35.2 Å². The van der Waals surface area contributed by atoms with Gasteiger partial charge < -0.3 is 9.29 Å². The van der Waals surface area contributed by atoms with Gasteiger partial charge in [0.25, 0.3) is 0 Å². The summed E-state index contributed by atoms with van der Waals surface area (Å²) in [5.41, 5.74) is 4.59. The van der Waals surface area contributed by atoms with Gasteiger partial charge in [-0.3, -0.25) is 22.8 Å². The van der Waals surface area contributed by atoms with E-state index >= 15 is 0 Å². The highest BCUT2D eigenvalue weighted by Crippen LogP contribution is 2.38. The number of aromatic nitrogens is 2. The van der Waals surface area contributed by atoms with Crippen LogP contribution < -0.4 is 4.31 Å². The van der Waals surface area contributed by atoms with Gasteiger partial charge in [-0.2, -0.15) is 5.10 Å². The molecule has 0 spiro atoms. The molecular formula is C25H26N3O5S-. The Balaban J connectivity index is 1.62. The van der Waals surface area contributed by atoms with Crippen molar-refractivity contribution in [3.05, 3.63) is 71.5 Å². The van der Waals surface area contributed by atoms with Crippen LogP contribution in [0.2, 0.25) is 0 Å². The second-order valence-corrected chi connectivity index (χ2v) is 8.97. The molecule has 9 heteroatoms. The molecule has 0 N–H and O–H groups in total. The number of nitrogens with zero attached hydrogens (tertiary/aromatic N) is 3. The third kappa shape index (κ3) is 4.95. The molecule has 1 aliphatic carbocycles. The maximum absolute atomic E-state index is 12.3. The zero-order chi connectivity index (χ0) is 24.2. The highest BCUT2D eigenvalue weighted by Gasteiger charge is 2.30. The summed E-state index contributed by atoms with van der Waals surface area (Å²) in [7, 11) is 0. The number of hydrogen-bond donors (Lipinski definition) is 0. The fraction of sp³-hybridized carbons (Fsp3) is 0.320. The first-order valence-electron chi connectivity index (χ1n) is 11.2. The van der Waals surface area contributed by atoms with E-state index in [4.69, 9.17) is 4.74 Å². The summed E-state index contributed by atoms with van der Waals surface area (Å²) < 4.78 is 32.7. The summed E-state index contributed by atoms with van der Waals surface area (Å²) in [5, 5.41) is 4.34. The van der Waals surface area contributed by atoms with E-state index in [1.165, 1.54) is 11.2 Å². The minimum Gasteiger partial charge on any atom is -0.755 e. The largest absolute Gasteiger partial charge is 0.755 e. The molecule has 0 fully saturated rings. The summed E-state index contributed by atoms with van der Waals surface area (Å²) >= 11 is -2.51. The maximum Gasteiger partial charge on any atom is 0.327 e. The molecule has 0 bridgehead atoms. The molecule has 178 valence electrons. The Morgan fingerprint density at radius 3 is 2.65 bits per heavy atom. The van der Waals surface area contributed by atoms with Crippen molar-refractivity contribution in [2.75, 3.05) is 10.9 Å². The first-order valence-corrected chi connectivity index (χ1v) is 12.2. The molecule has 2 aromatic carbocycles. The molecule has 4 rings (SSSR count). The molecule has 3 aromatic rings. The van der Waals surface area contributed by atoms with Crippen molar-refractivity contribution >= 4 is 28.7 Å². The van der Waals surface area contributed by atoms with Gasteiger partial charge >= 0.3 is 5.97 Å². The standard InChI is InChI=1S/C25H27N3O5S/c1-3-33-25(30)16-27-23-8-5-9-24(22(23)15-26-27)28(34(31)32)21-12-10-18(11-13-21)20-7-4-6-19(14-20)17(2)29/h4,6-7,10-15,24H,3,5,8-9,16H2,1-2H3,(H,31,32)/p-1. The van der Waals surface area contributed by atoms with Crippen molar-refractivity contribution < 1.29 is 23.1 Å². The van der Waals surface area contributed by atoms with Crippen LogP contribution in [0.1, 0.15) is 54.3 Å². The van der Waals surface area contributed by atoms with Crippen molar-refractivity contribution in [3.63, 3.8) is 0 Å². The summed E-state index contributed by atoms with van der Waals surface area (Å²) in [5.74, 6) is -0.382. The molecule has 1 aliphatic rings.